The Balaban J connectivity index is 1.72. The van der Waals surface area contributed by atoms with Crippen molar-refractivity contribution < 1.29 is 4.79 Å². The molecule has 0 fully saturated rings. The maximum atomic E-state index is 12.0. The molecule has 0 bridgehead atoms. The van der Waals surface area contributed by atoms with Crippen LogP contribution < -0.4 is 21.9 Å². The fourth-order valence-electron chi connectivity index (χ4n) is 1.99. The molecule has 0 radical (unpaired) electrons. The van der Waals surface area contributed by atoms with Crippen molar-refractivity contribution in [2.75, 3.05) is 16.5 Å². The van der Waals surface area contributed by atoms with Crippen LogP contribution in [0.25, 0.3) is 0 Å². The van der Waals surface area contributed by atoms with Crippen molar-refractivity contribution in [1.82, 2.24) is 20.4 Å². The van der Waals surface area contributed by atoms with E-state index in [2.05, 4.69) is 31.1 Å². The number of hydrazine groups is 1. The van der Waals surface area contributed by atoms with Gasteiger partial charge in [0.15, 0.2) is 11.6 Å². The third-order valence-electron chi connectivity index (χ3n) is 3.21. The molecule has 0 aliphatic carbocycles. The zero-order valence-corrected chi connectivity index (χ0v) is 13.7. The van der Waals surface area contributed by atoms with Crippen molar-refractivity contribution in [3.63, 3.8) is 0 Å². The summed E-state index contributed by atoms with van der Waals surface area (Å²) >= 11 is 5.96. The number of hydrogen-bond acceptors (Lipinski definition) is 7. The van der Waals surface area contributed by atoms with Crippen molar-refractivity contribution in [3.05, 3.63) is 65.7 Å². The van der Waals surface area contributed by atoms with Gasteiger partial charge in [-0.25, -0.2) is 9.97 Å². The number of nitrogen functional groups attached to an aromatic ring is 1. The van der Waals surface area contributed by atoms with Gasteiger partial charge in [0.1, 0.15) is 12.0 Å². The first-order valence-electron chi connectivity index (χ1n) is 7.23. The number of nitrogens with zero attached hydrogens (tertiary/aromatic N) is 3. The van der Waals surface area contributed by atoms with Gasteiger partial charge in [-0.15, -0.1) is 0 Å². The van der Waals surface area contributed by atoms with Crippen molar-refractivity contribution in [2.45, 2.75) is 0 Å². The highest BCUT2D eigenvalue weighted by molar-refractivity contribution is 6.30. The molecule has 0 aliphatic heterocycles. The third kappa shape index (κ3) is 4.12. The molecule has 2 aromatic heterocycles. The van der Waals surface area contributed by atoms with E-state index in [1.165, 1.54) is 18.7 Å². The van der Waals surface area contributed by atoms with Crippen LogP contribution in [0, 0.1) is 0 Å². The highest BCUT2D eigenvalue weighted by atomic mass is 35.5. The molecule has 1 amide bonds. The monoisotopic (exact) mass is 355 g/mol. The van der Waals surface area contributed by atoms with E-state index in [9.17, 15) is 4.79 Å². The van der Waals surface area contributed by atoms with E-state index in [4.69, 9.17) is 17.3 Å². The molecule has 0 atom stereocenters. The van der Waals surface area contributed by atoms with Crippen LogP contribution in [0.2, 0.25) is 5.02 Å². The molecule has 0 unspecified atom stereocenters. The van der Waals surface area contributed by atoms with E-state index in [-0.39, 0.29) is 17.4 Å². The quantitative estimate of drug-likeness (QED) is 0.519. The zero-order chi connectivity index (χ0) is 17.6. The Kier molecular flexibility index (Phi) is 4.91. The van der Waals surface area contributed by atoms with Crippen LogP contribution in [0.4, 0.5) is 23.0 Å². The summed E-state index contributed by atoms with van der Waals surface area (Å²) in [4.78, 5) is 24.0. The molecule has 9 heteroatoms. The van der Waals surface area contributed by atoms with Gasteiger partial charge in [-0.3, -0.25) is 20.6 Å². The average Bonchev–Trinajstić information content (AvgIpc) is 2.63. The number of benzene rings is 1. The predicted molar refractivity (Wildman–Crippen MR) is 96.5 cm³/mol. The fourth-order valence-corrected chi connectivity index (χ4v) is 2.18. The first-order valence-corrected chi connectivity index (χ1v) is 7.61. The van der Waals surface area contributed by atoms with Gasteiger partial charge in [-0.2, -0.15) is 0 Å². The Bertz CT molecular complexity index is 889. The second-order valence-electron chi connectivity index (χ2n) is 4.93. The third-order valence-corrected chi connectivity index (χ3v) is 3.44. The highest BCUT2D eigenvalue weighted by Crippen LogP contribution is 2.26. The smallest absolute Gasteiger partial charge is 0.269 e. The first-order chi connectivity index (χ1) is 12.1. The molecular formula is C16H14ClN7O. The summed E-state index contributed by atoms with van der Waals surface area (Å²) in [6, 6.07) is 10.3. The SMILES string of the molecule is Nc1c(NNC(=O)c2ccncc2)ncnc1Nc1cccc(Cl)c1. The van der Waals surface area contributed by atoms with Crippen molar-refractivity contribution in [1.29, 1.82) is 0 Å². The second kappa shape index (κ2) is 7.45. The zero-order valence-electron chi connectivity index (χ0n) is 12.9. The number of anilines is 4. The van der Waals surface area contributed by atoms with Crippen LogP contribution in [0.1, 0.15) is 10.4 Å². The lowest BCUT2D eigenvalue weighted by Crippen LogP contribution is -2.30. The van der Waals surface area contributed by atoms with E-state index < -0.39 is 0 Å². The van der Waals surface area contributed by atoms with Gasteiger partial charge >= 0.3 is 0 Å². The topological polar surface area (TPSA) is 118 Å². The summed E-state index contributed by atoms with van der Waals surface area (Å²) in [6.45, 7) is 0. The van der Waals surface area contributed by atoms with E-state index in [0.717, 1.165) is 5.69 Å². The van der Waals surface area contributed by atoms with E-state index in [0.29, 0.717) is 16.4 Å². The Hall–Kier alpha value is -3.39. The number of aromatic nitrogens is 3. The van der Waals surface area contributed by atoms with Gasteiger partial charge in [0.05, 0.1) is 0 Å². The van der Waals surface area contributed by atoms with Crippen LogP contribution in [0.3, 0.4) is 0 Å². The Morgan fingerprint density at radius 2 is 1.84 bits per heavy atom. The Morgan fingerprint density at radius 3 is 2.60 bits per heavy atom. The van der Waals surface area contributed by atoms with Gasteiger partial charge in [0, 0.05) is 28.7 Å². The lowest BCUT2D eigenvalue weighted by molar-refractivity contribution is 0.0962. The lowest BCUT2D eigenvalue weighted by atomic mass is 10.3. The number of halogens is 1. The van der Waals surface area contributed by atoms with E-state index in [1.54, 1.807) is 30.3 Å². The molecule has 2 heterocycles. The summed E-state index contributed by atoms with van der Waals surface area (Å²) in [5.41, 5.74) is 12.7. The second-order valence-corrected chi connectivity index (χ2v) is 5.37. The summed E-state index contributed by atoms with van der Waals surface area (Å²) in [6.07, 6.45) is 4.38. The number of rotatable bonds is 5. The molecule has 0 aliphatic rings. The highest BCUT2D eigenvalue weighted by Gasteiger charge is 2.10. The van der Waals surface area contributed by atoms with Crippen LogP contribution in [0.15, 0.2) is 55.1 Å². The van der Waals surface area contributed by atoms with Gasteiger partial charge in [0.2, 0.25) is 0 Å². The first kappa shape index (κ1) is 16.5. The standard InChI is InChI=1S/C16H14ClN7O/c17-11-2-1-3-12(8-11)22-14-13(18)15(21-9-20-14)23-24-16(25)10-4-6-19-7-5-10/h1-9H,18H2,(H,24,25)(H2,20,21,22,23). The predicted octanol–water partition coefficient (Wildman–Crippen LogP) is 2.61. The number of carbonyl (C=O) groups excluding carboxylic acids is 1. The van der Waals surface area contributed by atoms with Gasteiger partial charge in [-0.1, -0.05) is 17.7 Å². The average molecular weight is 356 g/mol. The number of carbonyl (C=O) groups is 1. The normalized spacial score (nSPS) is 10.1. The van der Waals surface area contributed by atoms with Crippen molar-refractivity contribution in [3.8, 4) is 0 Å². The van der Waals surface area contributed by atoms with E-state index >= 15 is 0 Å². The molecular weight excluding hydrogens is 342 g/mol. The molecule has 1 aromatic carbocycles. The van der Waals surface area contributed by atoms with Crippen LogP contribution in [-0.4, -0.2) is 20.9 Å². The van der Waals surface area contributed by atoms with Crippen molar-refractivity contribution in [2.24, 2.45) is 0 Å². The minimum absolute atomic E-state index is 0.248. The van der Waals surface area contributed by atoms with Gasteiger partial charge in [-0.05, 0) is 30.3 Å². The molecule has 0 saturated heterocycles. The van der Waals surface area contributed by atoms with Gasteiger partial charge < -0.3 is 11.1 Å². The van der Waals surface area contributed by atoms with Crippen LogP contribution >= 0.6 is 11.6 Å². The number of nitrogens with two attached hydrogens (primary N) is 1. The van der Waals surface area contributed by atoms with E-state index in [1.807, 2.05) is 6.07 Å². The Morgan fingerprint density at radius 1 is 1.08 bits per heavy atom. The number of hydrogen-bond donors (Lipinski definition) is 4. The number of pyridine rings is 1. The molecule has 25 heavy (non-hydrogen) atoms. The largest absolute Gasteiger partial charge is 0.393 e. The maximum absolute atomic E-state index is 12.0. The minimum Gasteiger partial charge on any atom is -0.393 e. The molecule has 3 aromatic rings. The molecule has 0 spiro atoms. The molecule has 8 nitrogen and oxygen atoms in total. The number of nitrogens with one attached hydrogen (secondary N) is 3. The summed E-state index contributed by atoms with van der Waals surface area (Å²) in [7, 11) is 0. The summed E-state index contributed by atoms with van der Waals surface area (Å²) < 4.78 is 0. The minimum atomic E-state index is -0.343. The van der Waals surface area contributed by atoms with Crippen LogP contribution in [-0.2, 0) is 0 Å². The fraction of sp³-hybridized carbons (Fsp3) is 0. The van der Waals surface area contributed by atoms with Gasteiger partial charge in [0.25, 0.3) is 5.91 Å². The maximum Gasteiger partial charge on any atom is 0.269 e. The summed E-state index contributed by atoms with van der Waals surface area (Å²) in [5.74, 6) is 0.310. The molecule has 3 rings (SSSR count). The summed E-state index contributed by atoms with van der Waals surface area (Å²) in [5, 5.41) is 3.64. The molecule has 5 N–H and O–H groups in total. The molecule has 0 saturated carbocycles. The Labute approximate surface area is 148 Å². The molecule has 126 valence electrons. The lowest BCUT2D eigenvalue weighted by Gasteiger charge is -2.13. The van der Waals surface area contributed by atoms with Crippen molar-refractivity contribution >= 4 is 40.5 Å². The number of amides is 1. The van der Waals surface area contributed by atoms with Crippen LogP contribution in [0.5, 0.6) is 0 Å².